The van der Waals surface area contributed by atoms with Crippen molar-refractivity contribution in [3.8, 4) is 5.69 Å². The van der Waals surface area contributed by atoms with Gasteiger partial charge in [-0.05, 0) is 57.2 Å². The summed E-state index contributed by atoms with van der Waals surface area (Å²) >= 11 is 3.00. The number of carbonyl (C=O) groups is 1. The Bertz CT molecular complexity index is 1040. The van der Waals surface area contributed by atoms with Crippen molar-refractivity contribution in [2.75, 3.05) is 0 Å². The van der Waals surface area contributed by atoms with E-state index < -0.39 is 0 Å². The van der Waals surface area contributed by atoms with Crippen molar-refractivity contribution in [3.05, 3.63) is 51.1 Å². The van der Waals surface area contributed by atoms with Gasteiger partial charge in [-0.25, -0.2) is 4.98 Å². The van der Waals surface area contributed by atoms with Crippen LogP contribution in [0.1, 0.15) is 37.1 Å². The molecule has 4 rings (SSSR count). The molecule has 0 saturated carbocycles. The monoisotopic (exact) mass is 384 g/mol. The number of hydrogen-bond acceptors (Lipinski definition) is 5. The van der Waals surface area contributed by atoms with Gasteiger partial charge in [0, 0.05) is 4.88 Å². The third-order valence-electron chi connectivity index (χ3n) is 4.83. The molecule has 0 unspecified atom stereocenters. The Morgan fingerprint density at radius 2 is 1.96 bits per heavy atom. The number of Topliss-reactive ketones (excluding diaryl/α,β-unsaturated/α-hetero) is 1. The lowest BCUT2D eigenvalue weighted by Crippen LogP contribution is -2.23. The number of benzene rings is 1. The summed E-state index contributed by atoms with van der Waals surface area (Å²) in [5, 5.41) is 1.12. The molecule has 0 bridgehead atoms. The van der Waals surface area contributed by atoms with Crippen molar-refractivity contribution < 1.29 is 4.79 Å². The molecule has 0 N–H and O–H groups in total. The Morgan fingerprint density at radius 1 is 1.23 bits per heavy atom. The Hall–Kier alpha value is -1.92. The van der Waals surface area contributed by atoms with Gasteiger partial charge < -0.3 is 0 Å². The van der Waals surface area contributed by atoms with Crippen LogP contribution in [0.4, 0.5) is 0 Å². The molecule has 2 aromatic heterocycles. The molecule has 1 atom stereocenters. The first-order chi connectivity index (χ1) is 12.6. The molecule has 0 spiro atoms. The standard InChI is InChI=1S/C20H20N2O2S2/c1-12(23)13(2)25-20-21-18-17(15-10-6-7-11-16(15)26-18)19(24)22(20)14-8-4-3-5-9-14/h3-5,8-9,13H,6-7,10-11H2,1-2H3/t13-/m0/s1. The normalized spacial score (nSPS) is 15.0. The van der Waals surface area contributed by atoms with Crippen LogP contribution in [0, 0.1) is 0 Å². The van der Waals surface area contributed by atoms with Crippen molar-refractivity contribution in [1.29, 1.82) is 0 Å². The van der Waals surface area contributed by atoms with Crippen molar-refractivity contribution in [2.45, 2.75) is 49.9 Å². The molecule has 0 radical (unpaired) electrons. The van der Waals surface area contributed by atoms with Gasteiger partial charge in [-0.15, -0.1) is 11.3 Å². The molecule has 6 heteroatoms. The summed E-state index contributed by atoms with van der Waals surface area (Å²) in [6.45, 7) is 3.43. The second kappa shape index (κ2) is 7.00. The van der Waals surface area contributed by atoms with Gasteiger partial charge in [-0.1, -0.05) is 30.0 Å². The fourth-order valence-corrected chi connectivity index (χ4v) is 5.54. The summed E-state index contributed by atoms with van der Waals surface area (Å²) in [5.74, 6) is 0.0782. The molecular formula is C20H20N2O2S2. The first-order valence-electron chi connectivity index (χ1n) is 8.86. The quantitative estimate of drug-likeness (QED) is 0.494. The van der Waals surface area contributed by atoms with E-state index in [0.717, 1.165) is 35.2 Å². The molecule has 0 aliphatic heterocycles. The van der Waals surface area contributed by atoms with Gasteiger partial charge >= 0.3 is 0 Å². The van der Waals surface area contributed by atoms with E-state index in [9.17, 15) is 9.59 Å². The van der Waals surface area contributed by atoms with Gasteiger partial charge in [0.05, 0.1) is 16.3 Å². The minimum absolute atomic E-state index is 0.0150. The zero-order valence-corrected chi connectivity index (χ0v) is 16.5. The number of rotatable bonds is 4. The topological polar surface area (TPSA) is 52.0 Å². The van der Waals surface area contributed by atoms with E-state index in [-0.39, 0.29) is 16.6 Å². The number of thioether (sulfide) groups is 1. The smallest absolute Gasteiger partial charge is 0.267 e. The van der Waals surface area contributed by atoms with Crippen LogP contribution in [0.25, 0.3) is 15.9 Å². The van der Waals surface area contributed by atoms with Gasteiger partial charge in [0.2, 0.25) is 0 Å². The minimum Gasteiger partial charge on any atom is -0.299 e. The Labute approximate surface area is 160 Å². The number of aromatic nitrogens is 2. The number of para-hydroxylation sites is 1. The highest BCUT2D eigenvalue weighted by Crippen LogP contribution is 2.35. The number of carbonyl (C=O) groups excluding carboxylic acids is 1. The van der Waals surface area contributed by atoms with E-state index in [1.54, 1.807) is 22.8 Å². The fraction of sp³-hybridized carbons (Fsp3) is 0.350. The molecule has 1 aromatic carbocycles. The summed E-state index contributed by atoms with van der Waals surface area (Å²) in [6.07, 6.45) is 4.29. The Balaban J connectivity index is 1.99. The molecule has 3 aromatic rings. The summed E-state index contributed by atoms with van der Waals surface area (Å²) in [5.41, 5.74) is 1.97. The maximum atomic E-state index is 13.5. The van der Waals surface area contributed by atoms with Gasteiger partial charge in [0.15, 0.2) is 5.16 Å². The SMILES string of the molecule is CC(=O)[C@H](C)Sc1nc2sc3c(c2c(=O)n1-c1ccccc1)CCCC3. The van der Waals surface area contributed by atoms with E-state index in [1.807, 2.05) is 37.3 Å². The summed E-state index contributed by atoms with van der Waals surface area (Å²) in [6, 6.07) is 9.58. The van der Waals surface area contributed by atoms with Crippen molar-refractivity contribution in [1.82, 2.24) is 9.55 Å². The van der Waals surface area contributed by atoms with Crippen LogP contribution < -0.4 is 5.56 Å². The van der Waals surface area contributed by atoms with Crippen LogP contribution in [-0.4, -0.2) is 20.6 Å². The molecular weight excluding hydrogens is 364 g/mol. The highest BCUT2D eigenvalue weighted by molar-refractivity contribution is 8.00. The number of nitrogens with zero attached hydrogens (tertiary/aromatic N) is 2. The van der Waals surface area contributed by atoms with E-state index >= 15 is 0 Å². The number of ketones is 1. The number of fused-ring (bicyclic) bond motifs is 3. The predicted molar refractivity (Wildman–Crippen MR) is 108 cm³/mol. The van der Waals surface area contributed by atoms with E-state index in [0.29, 0.717) is 5.16 Å². The number of thiophene rings is 1. The molecule has 134 valence electrons. The molecule has 0 amide bonds. The average Bonchev–Trinajstić information content (AvgIpc) is 3.01. The van der Waals surface area contributed by atoms with Crippen LogP contribution in [0.15, 0.2) is 40.3 Å². The van der Waals surface area contributed by atoms with E-state index in [2.05, 4.69) is 0 Å². The Kier molecular flexibility index (Phi) is 4.71. The van der Waals surface area contributed by atoms with Crippen LogP contribution >= 0.6 is 23.1 Å². The average molecular weight is 385 g/mol. The molecule has 0 fully saturated rings. The predicted octanol–water partition coefficient (Wildman–Crippen LogP) is 4.40. The van der Waals surface area contributed by atoms with Crippen molar-refractivity contribution in [2.24, 2.45) is 0 Å². The molecule has 26 heavy (non-hydrogen) atoms. The lowest BCUT2D eigenvalue weighted by Gasteiger charge is -2.15. The van der Waals surface area contributed by atoms with Gasteiger partial charge in [0.25, 0.3) is 5.56 Å². The van der Waals surface area contributed by atoms with Gasteiger partial charge in [-0.3, -0.25) is 14.2 Å². The lowest BCUT2D eigenvalue weighted by atomic mass is 9.97. The molecule has 1 aliphatic carbocycles. The second-order valence-electron chi connectivity index (χ2n) is 6.63. The maximum Gasteiger partial charge on any atom is 0.267 e. The number of aryl methyl sites for hydroxylation is 2. The fourth-order valence-electron chi connectivity index (χ4n) is 3.31. The summed E-state index contributed by atoms with van der Waals surface area (Å²) < 4.78 is 1.67. The molecule has 0 saturated heterocycles. The van der Waals surface area contributed by atoms with Crippen LogP contribution in [0.5, 0.6) is 0 Å². The van der Waals surface area contributed by atoms with E-state index in [4.69, 9.17) is 4.98 Å². The van der Waals surface area contributed by atoms with Crippen LogP contribution in [0.2, 0.25) is 0 Å². The summed E-state index contributed by atoms with van der Waals surface area (Å²) in [4.78, 5) is 32.2. The third-order valence-corrected chi connectivity index (χ3v) is 7.18. The molecule has 2 heterocycles. The highest BCUT2D eigenvalue weighted by Gasteiger charge is 2.24. The zero-order chi connectivity index (χ0) is 18.3. The van der Waals surface area contributed by atoms with E-state index in [1.165, 1.54) is 28.6 Å². The largest absolute Gasteiger partial charge is 0.299 e. The first kappa shape index (κ1) is 17.5. The first-order valence-corrected chi connectivity index (χ1v) is 10.6. The van der Waals surface area contributed by atoms with Crippen LogP contribution in [0.3, 0.4) is 0 Å². The number of hydrogen-bond donors (Lipinski definition) is 0. The molecule has 1 aliphatic rings. The maximum absolute atomic E-state index is 13.5. The second-order valence-corrected chi connectivity index (χ2v) is 9.02. The van der Waals surface area contributed by atoms with Crippen molar-refractivity contribution in [3.63, 3.8) is 0 Å². The summed E-state index contributed by atoms with van der Waals surface area (Å²) in [7, 11) is 0. The highest BCUT2D eigenvalue weighted by atomic mass is 32.2. The third kappa shape index (κ3) is 3.01. The zero-order valence-electron chi connectivity index (χ0n) is 14.8. The minimum atomic E-state index is -0.246. The lowest BCUT2D eigenvalue weighted by molar-refractivity contribution is -0.116. The van der Waals surface area contributed by atoms with Gasteiger partial charge in [-0.2, -0.15) is 0 Å². The molecule has 4 nitrogen and oxygen atoms in total. The van der Waals surface area contributed by atoms with Crippen LogP contribution in [-0.2, 0) is 17.6 Å². The van der Waals surface area contributed by atoms with Crippen molar-refractivity contribution >= 4 is 39.1 Å². The Morgan fingerprint density at radius 3 is 2.69 bits per heavy atom. The van der Waals surface area contributed by atoms with Gasteiger partial charge in [0.1, 0.15) is 10.6 Å².